The van der Waals surface area contributed by atoms with Crippen LogP contribution in [0.25, 0.3) is 0 Å². The second-order valence-corrected chi connectivity index (χ2v) is 4.57. The SMILES string of the molecule is CCOC(C)(C)OC(C)(C)CC(C)=O. The molecule has 0 amide bonds. The molecule has 0 spiro atoms. The van der Waals surface area contributed by atoms with Gasteiger partial charge in [0, 0.05) is 13.0 Å². The quantitative estimate of drug-likeness (QED) is 0.621. The first-order chi connectivity index (χ1) is 6.18. The molecule has 0 aliphatic heterocycles. The van der Waals surface area contributed by atoms with Crippen LogP contribution >= 0.6 is 0 Å². The maximum Gasteiger partial charge on any atom is 0.163 e. The summed E-state index contributed by atoms with van der Waals surface area (Å²) in [6.07, 6.45) is 0.406. The van der Waals surface area contributed by atoms with E-state index in [-0.39, 0.29) is 5.78 Å². The van der Waals surface area contributed by atoms with E-state index in [4.69, 9.17) is 9.47 Å². The van der Waals surface area contributed by atoms with Gasteiger partial charge in [-0.05, 0) is 41.5 Å². The van der Waals surface area contributed by atoms with Crippen molar-refractivity contribution in [3.63, 3.8) is 0 Å². The van der Waals surface area contributed by atoms with E-state index < -0.39 is 11.4 Å². The van der Waals surface area contributed by atoms with Crippen LogP contribution in [0.3, 0.4) is 0 Å². The van der Waals surface area contributed by atoms with Crippen LogP contribution in [-0.2, 0) is 14.3 Å². The van der Waals surface area contributed by atoms with Crippen LogP contribution in [0, 0.1) is 0 Å². The van der Waals surface area contributed by atoms with Gasteiger partial charge in [0.2, 0.25) is 0 Å². The maximum atomic E-state index is 11.0. The largest absolute Gasteiger partial charge is 0.351 e. The Bertz CT molecular complexity index is 195. The number of hydrogen-bond donors (Lipinski definition) is 0. The highest BCUT2D eigenvalue weighted by molar-refractivity contribution is 5.76. The number of carbonyl (C=O) groups is 1. The molecule has 0 aliphatic carbocycles. The molecule has 3 nitrogen and oxygen atoms in total. The third-order valence-corrected chi connectivity index (χ3v) is 1.69. The van der Waals surface area contributed by atoms with Crippen LogP contribution in [0.2, 0.25) is 0 Å². The highest BCUT2D eigenvalue weighted by Gasteiger charge is 2.30. The highest BCUT2D eigenvalue weighted by atomic mass is 16.7. The topological polar surface area (TPSA) is 35.5 Å². The summed E-state index contributed by atoms with van der Waals surface area (Å²) in [4.78, 5) is 11.0. The second kappa shape index (κ2) is 4.89. The predicted molar refractivity (Wildman–Crippen MR) is 56.2 cm³/mol. The summed E-state index contributed by atoms with van der Waals surface area (Å²) in [6, 6.07) is 0. The summed E-state index contributed by atoms with van der Waals surface area (Å²) in [5.74, 6) is -0.504. The lowest BCUT2D eigenvalue weighted by atomic mass is 10.0. The Morgan fingerprint density at radius 3 is 2.07 bits per heavy atom. The normalized spacial score (nSPS) is 13.0. The van der Waals surface area contributed by atoms with E-state index >= 15 is 0 Å². The van der Waals surface area contributed by atoms with Gasteiger partial charge in [0.05, 0.1) is 5.60 Å². The van der Waals surface area contributed by atoms with Crippen LogP contribution in [-0.4, -0.2) is 23.8 Å². The standard InChI is InChI=1S/C11H22O3/c1-7-13-11(5,6)14-10(3,4)8-9(2)12/h7-8H2,1-6H3. The van der Waals surface area contributed by atoms with E-state index in [1.807, 2.05) is 34.6 Å². The highest BCUT2D eigenvalue weighted by Crippen LogP contribution is 2.24. The molecule has 0 bridgehead atoms. The lowest BCUT2D eigenvalue weighted by molar-refractivity contribution is -0.260. The van der Waals surface area contributed by atoms with Crippen molar-refractivity contribution in [1.29, 1.82) is 0 Å². The van der Waals surface area contributed by atoms with Gasteiger partial charge in [-0.2, -0.15) is 0 Å². The monoisotopic (exact) mass is 202 g/mol. The summed E-state index contributed by atoms with van der Waals surface area (Å²) in [6.45, 7) is 11.6. The molecule has 0 aromatic rings. The van der Waals surface area contributed by atoms with Crippen LogP contribution in [0.1, 0.15) is 48.0 Å². The van der Waals surface area contributed by atoms with Gasteiger partial charge < -0.3 is 9.47 Å². The summed E-state index contributed by atoms with van der Waals surface area (Å²) in [7, 11) is 0. The Kier molecular flexibility index (Phi) is 4.75. The third kappa shape index (κ3) is 6.11. The molecule has 0 saturated carbocycles. The molecular weight excluding hydrogens is 180 g/mol. The molecular formula is C11H22O3. The predicted octanol–water partition coefficient (Wildman–Crippen LogP) is 2.53. The number of carbonyl (C=O) groups excluding carboxylic acids is 1. The fourth-order valence-electron chi connectivity index (χ4n) is 1.68. The van der Waals surface area contributed by atoms with Crippen molar-refractivity contribution in [2.24, 2.45) is 0 Å². The van der Waals surface area contributed by atoms with Crippen molar-refractivity contribution in [3.05, 3.63) is 0 Å². The maximum absolute atomic E-state index is 11.0. The van der Waals surface area contributed by atoms with Crippen molar-refractivity contribution in [2.75, 3.05) is 6.61 Å². The van der Waals surface area contributed by atoms with Crippen molar-refractivity contribution >= 4 is 5.78 Å². The van der Waals surface area contributed by atoms with Gasteiger partial charge >= 0.3 is 0 Å². The number of ether oxygens (including phenoxy) is 2. The summed E-state index contributed by atoms with van der Waals surface area (Å²) < 4.78 is 11.1. The molecule has 0 rings (SSSR count). The first-order valence-electron chi connectivity index (χ1n) is 5.02. The van der Waals surface area contributed by atoms with Crippen LogP contribution in [0.5, 0.6) is 0 Å². The van der Waals surface area contributed by atoms with Gasteiger partial charge in [0.15, 0.2) is 5.79 Å². The molecule has 0 heterocycles. The molecule has 0 saturated heterocycles. The molecule has 0 unspecified atom stereocenters. The number of hydrogen-bond acceptors (Lipinski definition) is 3. The minimum atomic E-state index is -0.631. The lowest BCUT2D eigenvalue weighted by Crippen LogP contribution is -2.40. The Hall–Kier alpha value is -0.410. The van der Waals surface area contributed by atoms with Gasteiger partial charge in [0.25, 0.3) is 0 Å². The molecule has 0 atom stereocenters. The zero-order valence-electron chi connectivity index (χ0n) is 10.1. The zero-order chi connectivity index (χ0) is 11.4. The number of Topliss-reactive ketones (excluding diaryl/α,β-unsaturated/α-hetero) is 1. The summed E-state index contributed by atoms with van der Waals surface area (Å²) >= 11 is 0. The van der Waals surface area contributed by atoms with E-state index in [0.717, 1.165) is 0 Å². The number of ketones is 1. The van der Waals surface area contributed by atoms with Crippen molar-refractivity contribution in [3.8, 4) is 0 Å². The van der Waals surface area contributed by atoms with E-state index in [2.05, 4.69) is 0 Å². The molecule has 0 aliphatic rings. The van der Waals surface area contributed by atoms with Crippen LogP contribution < -0.4 is 0 Å². The first kappa shape index (κ1) is 13.6. The smallest absolute Gasteiger partial charge is 0.163 e. The molecule has 14 heavy (non-hydrogen) atoms. The van der Waals surface area contributed by atoms with Gasteiger partial charge in [-0.3, -0.25) is 4.79 Å². The minimum Gasteiger partial charge on any atom is -0.351 e. The van der Waals surface area contributed by atoms with Gasteiger partial charge in [-0.1, -0.05) is 0 Å². The fraction of sp³-hybridized carbons (Fsp3) is 0.909. The lowest BCUT2D eigenvalue weighted by Gasteiger charge is -2.35. The minimum absolute atomic E-state index is 0.127. The van der Waals surface area contributed by atoms with Crippen LogP contribution in [0.15, 0.2) is 0 Å². The van der Waals surface area contributed by atoms with Gasteiger partial charge in [-0.25, -0.2) is 0 Å². The average Bonchev–Trinajstić information content (AvgIpc) is 1.78. The molecule has 0 radical (unpaired) electrons. The van der Waals surface area contributed by atoms with Crippen molar-refractivity contribution < 1.29 is 14.3 Å². The van der Waals surface area contributed by atoms with Gasteiger partial charge in [-0.15, -0.1) is 0 Å². The fourth-order valence-corrected chi connectivity index (χ4v) is 1.68. The molecule has 0 N–H and O–H groups in total. The summed E-state index contributed by atoms with van der Waals surface area (Å²) in [5.41, 5.74) is -0.468. The molecule has 0 aromatic carbocycles. The van der Waals surface area contributed by atoms with Crippen molar-refractivity contribution in [2.45, 2.75) is 59.4 Å². The van der Waals surface area contributed by atoms with Gasteiger partial charge in [0.1, 0.15) is 5.78 Å². The molecule has 84 valence electrons. The third-order valence-electron chi connectivity index (χ3n) is 1.69. The molecule has 3 heteroatoms. The zero-order valence-corrected chi connectivity index (χ0v) is 10.1. The van der Waals surface area contributed by atoms with E-state index in [1.165, 1.54) is 0 Å². The second-order valence-electron chi connectivity index (χ2n) is 4.57. The van der Waals surface area contributed by atoms with E-state index in [9.17, 15) is 4.79 Å². The Morgan fingerprint density at radius 2 is 1.71 bits per heavy atom. The summed E-state index contributed by atoms with van der Waals surface area (Å²) in [5, 5.41) is 0. The molecule has 0 aromatic heterocycles. The number of rotatable bonds is 6. The van der Waals surface area contributed by atoms with Crippen LogP contribution in [0.4, 0.5) is 0 Å². The van der Waals surface area contributed by atoms with E-state index in [0.29, 0.717) is 13.0 Å². The Labute approximate surface area is 86.8 Å². The Balaban J connectivity index is 4.25. The Morgan fingerprint density at radius 1 is 1.21 bits per heavy atom. The van der Waals surface area contributed by atoms with E-state index in [1.54, 1.807) is 6.92 Å². The molecule has 0 fully saturated rings. The first-order valence-corrected chi connectivity index (χ1v) is 5.02. The average molecular weight is 202 g/mol. The van der Waals surface area contributed by atoms with Crippen molar-refractivity contribution in [1.82, 2.24) is 0 Å².